The summed E-state index contributed by atoms with van der Waals surface area (Å²) in [6.07, 6.45) is 0. The highest BCUT2D eigenvalue weighted by Gasteiger charge is 2.21. The second-order valence-corrected chi connectivity index (χ2v) is 5.57. The van der Waals surface area contributed by atoms with E-state index in [4.69, 9.17) is 10.5 Å². The zero-order valence-electron chi connectivity index (χ0n) is 12.3. The summed E-state index contributed by atoms with van der Waals surface area (Å²) >= 11 is 0. The molecule has 0 spiro atoms. The van der Waals surface area contributed by atoms with Crippen LogP contribution >= 0.6 is 0 Å². The van der Waals surface area contributed by atoms with Crippen LogP contribution in [-0.2, 0) is 5.41 Å². The third-order valence-corrected chi connectivity index (χ3v) is 3.05. The Bertz CT molecular complexity index is 405. The summed E-state index contributed by atoms with van der Waals surface area (Å²) in [4.78, 5) is 0. The first-order chi connectivity index (χ1) is 8.86. The number of hydrogen-bond acceptors (Lipinski definition) is 3. The average Bonchev–Trinajstić information content (AvgIpc) is 2.31. The summed E-state index contributed by atoms with van der Waals surface area (Å²) in [6.45, 7) is 9.93. The lowest BCUT2D eigenvalue weighted by Gasteiger charge is -2.26. The van der Waals surface area contributed by atoms with E-state index in [0.717, 1.165) is 18.7 Å². The van der Waals surface area contributed by atoms with Crippen LogP contribution in [0.4, 0.5) is 4.39 Å². The molecule has 1 unspecified atom stereocenters. The van der Waals surface area contributed by atoms with Gasteiger partial charge in [0, 0.05) is 24.5 Å². The Morgan fingerprint density at radius 2 is 2.11 bits per heavy atom. The van der Waals surface area contributed by atoms with Gasteiger partial charge in [0.2, 0.25) is 0 Å². The van der Waals surface area contributed by atoms with Crippen molar-refractivity contribution >= 4 is 0 Å². The average molecular weight is 268 g/mol. The van der Waals surface area contributed by atoms with Gasteiger partial charge in [0.05, 0.1) is 6.61 Å². The van der Waals surface area contributed by atoms with Crippen molar-refractivity contribution in [1.29, 1.82) is 0 Å². The first kappa shape index (κ1) is 15.9. The fraction of sp³-hybridized carbons (Fsp3) is 0.600. The van der Waals surface area contributed by atoms with Gasteiger partial charge in [-0.05, 0) is 31.5 Å². The fourth-order valence-electron chi connectivity index (χ4n) is 1.91. The molecule has 0 saturated heterocycles. The van der Waals surface area contributed by atoms with Gasteiger partial charge in [0.25, 0.3) is 0 Å². The van der Waals surface area contributed by atoms with E-state index >= 15 is 0 Å². The molecule has 0 aliphatic carbocycles. The number of hydrogen-bond donors (Lipinski definition) is 2. The number of benzene rings is 1. The summed E-state index contributed by atoms with van der Waals surface area (Å²) in [7, 11) is 0. The summed E-state index contributed by atoms with van der Waals surface area (Å²) in [5, 5.41) is 3.30. The first-order valence-electron chi connectivity index (χ1n) is 6.76. The minimum absolute atomic E-state index is 0.118. The molecular formula is C15H25FN2O. The molecule has 0 aromatic heterocycles. The highest BCUT2D eigenvalue weighted by molar-refractivity contribution is 5.33. The molecule has 1 aromatic rings. The Morgan fingerprint density at radius 3 is 2.63 bits per heavy atom. The van der Waals surface area contributed by atoms with Gasteiger partial charge in [-0.1, -0.05) is 19.9 Å². The standard InChI is InChI=1S/C15H25FN2O/c1-5-19-14-7-6-12(8-13(14)16)15(3,4)10-18-9-11(2)17/h6-8,11,18H,5,9-10,17H2,1-4H3. The van der Waals surface area contributed by atoms with Crippen molar-refractivity contribution in [3.05, 3.63) is 29.6 Å². The molecule has 0 bridgehead atoms. The monoisotopic (exact) mass is 268 g/mol. The van der Waals surface area contributed by atoms with Crippen molar-refractivity contribution in [2.45, 2.75) is 39.2 Å². The molecule has 108 valence electrons. The molecule has 19 heavy (non-hydrogen) atoms. The zero-order chi connectivity index (χ0) is 14.5. The van der Waals surface area contributed by atoms with Crippen molar-refractivity contribution in [2.24, 2.45) is 5.73 Å². The molecule has 1 atom stereocenters. The molecule has 3 N–H and O–H groups in total. The minimum atomic E-state index is -0.306. The molecule has 1 rings (SSSR count). The maximum atomic E-state index is 13.9. The number of nitrogens with two attached hydrogens (primary N) is 1. The van der Waals surface area contributed by atoms with E-state index in [-0.39, 0.29) is 17.3 Å². The number of ether oxygens (including phenoxy) is 1. The molecule has 0 saturated carbocycles. The normalized spacial score (nSPS) is 13.4. The Labute approximate surface area is 115 Å². The predicted molar refractivity (Wildman–Crippen MR) is 77.1 cm³/mol. The predicted octanol–water partition coefficient (Wildman–Crippen LogP) is 2.44. The fourth-order valence-corrected chi connectivity index (χ4v) is 1.91. The maximum absolute atomic E-state index is 13.9. The van der Waals surface area contributed by atoms with Crippen molar-refractivity contribution in [1.82, 2.24) is 5.32 Å². The Hall–Kier alpha value is -1.13. The van der Waals surface area contributed by atoms with Gasteiger partial charge in [-0.2, -0.15) is 0 Å². The van der Waals surface area contributed by atoms with E-state index in [9.17, 15) is 4.39 Å². The van der Waals surface area contributed by atoms with E-state index < -0.39 is 0 Å². The van der Waals surface area contributed by atoms with Crippen LogP contribution in [0, 0.1) is 5.82 Å². The summed E-state index contributed by atoms with van der Waals surface area (Å²) < 4.78 is 19.1. The summed E-state index contributed by atoms with van der Waals surface area (Å²) in [6, 6.07) is 5.29. The Kier molecular flexibility index (Phi) is 5.76. The van der Waals surface area contributed by atoms with Crippen LogP contribution in [0.25, 0.3) is 0 Å². The van der Waals surface area contributed by atoms with Gasteiger partial charge < -0.3 is 15.8 Å². The third kappa shape index (κ3) is 4.80. The van der Waals surface area contributed by atoms with Crippen molar-refractivity contribution in [2.75, 3.05) is 19.7 Å². The van der Waals surface area contributed by atoms with E-state index in [1.54, 1.807) is 12.1 Å². The molecule has 0 amide bonds. The van der Waals surface area contributed by atoms with Crippen molar-refractivity contribution in [3.63, 3.8) is 0 Å². The molecule has 0 aliphatic heterocycles. The second kappa shape index (κ2) is 6.87. The second-order valence-electron chi connectivity index (χ2n) is 5.57. The first-order valence-corrected chi connectivity index (χ1v) is 6.76. The SMILES string of the molecule is CCOc1ccc(C(C)(C)CNCC(C)N)cc1F. The van der Waals surface area contributed by atoms with Gasteiger partial charge in [-0.25, -0.2) is 4.39 Å². The Morgan fingerprint density at radius 1 is 1.42 bits per heavy atom. The van der Waals surface area contributed by atoms with Crippen LogP contribution in [0.2, 0.25) is 0 Å². The smallest absolute Gasteiger partial charge is 0.165 e. The summed E-state index contributed by atoms with van der Waals surface area (Å²) in [5.74, 6) is 0.00482. The summed E-state index contributed by atoms with van der Waals surface area (Å²) in [5.41, 5.74) is 6.50. The molecular weight excluding hydrogens is 243 g/mol. The van der Waals surface area contributed by atoms with Crippen LogP contribution in [0.1, 0.15) is 33.3 Å². The van der Waals surface area contributed by atoms with Gasteiger partial charge in [-0.3, -0.25) is 0 Å². The van der Waals surface area contributed by atoms with Crippen molar-refractivity contribution in [3.8, 4) is 5.75 Å². The van der Waals surface area contributed by atoms with Crippen molar-refractivity contribution < 1.29 is 9.13 Å². The van der Waals surface area contributed by atoms with E-state index in [1.807, 2.05) is 19.9 Å². The number of rotatable bonds is 7. The largest absolute Gasteiger partial charge is 0.491 e. The molecule has 4 heteroatoms. The van der Waals surface area contributed by atoms with E-state index in [2.05, 4.69) is 19.2 Å². The highest BCUT2D eigenvalue weighted by atomic mass is 19.1. The lowest BCUT2D eigenvalue weighted by molar-refractivity contribution is 0.320. The number of nitrogens with one attached hydrogen (secondary N) is 1. The maximum Gasteiger partial charge on any atom is 0.165 e. The van der Waals surface area contributed by atoms with Gasteiger partial charge in [0.1, 0.15) is 0 Å². The molecule has 3 nitrogen and oxygen atoms in total. The van der Waals surface area contributed by atoms with Crippen LogP contribution in [-0.4, -0.2) is 25.7 Å². The van der Waals surface area contributed by atoms with Crippen LogP contribution in [0.3, 0.4) is 0 Å². The van der Waals surface area contributed by atoms with E-state index in [0.29, 0.717) is 12.4 Å². The quantitative estimate of drug-likeness (QED) is 0.798. The van der Waals surface area contributed by atoms with E-state index in [1.165, 1.54) is 0 Å². The molecule has 0 heterocycles. The lowest BCUT2D eigenvalue weighted by Crippen LogP contribution is -2.38. The highest BCUT2D eigenvalue weighted by Crippen LogP contribution is 2.27. The third-order valence-electron chi connectivity index (χ3n) is 3.05. The van der Waals surface area contributed by atoms with Gasteiger partial charge in [-0.15, -0.1) is 0 Å². The molecule has 0 radical (unpaired) electrons. The minimum Gasteiger partial charge on any atom is -0.491 e. The molecule has 1 aromatic carbocycles. The number of halogens is 1. The lowest BCUT2D eigenvalue weighted by atomic mass is 9.84. The van der Waals surface area contributed by atoms with Crippen LogP contribution in [0.15, 0.2) is 18.2 Å². The zero-order valence-corrected chi connectivity index (χ0v) is 12.3. The van der Waals surface area contributed by atoms with Crippen LogP contribution < -0.4 is 15.8 Å². The Balaban J connectivity index is 2.74. The van der Waals surface area contributed by atoms with Crippen LogP contribution in [0.5, 0.6) is 5.75 Å². The molecule has 0 aliphatic rings. The molecule has 0 fully saturated rings. The topological polar surface area (TPSA) is 47.3 Å². The van der Waals surface area contributed by atoms with Gasteiger partial charge in [0.15, 0.2) is 11.6 Å². The van der Waals surface area contributed by atoms with Gasteiger partial charge >= 0.3 is 0 Å².